The maximum Gasteiger partial charge on any atom is 0.248 e. The number of fused-ring (bicyclic) bond motifs is 1. The van der Waals surface area contributed by atoms with E-state index in [1.54, 1.807) is 6.07 Å². The van der Waals surface area contributed by atoms with E-state index in [1.165, 1.54) is 0 Å². The molecular weight excluding hydrogens is 256 g/mol. The van der Waals surface area contributed by atoms with Crippen LogP contribution in [-0.4, -0.2) is 9.97 Å². The monoisotopic (exact) mass is 266 g/mol. The molecule has 0 bridgehead atoms. The molecule has 2 heterocycles. The molecule has 0 aliphatic rings. The lowest BCUT2D eigenvalue weighted by molar-refractivity contribution is 0.867. The van der Waals surface area contributed by atoms with E-state index < -0.39 is 0 Å². The molecule has 0 aromatic carbocycles. The summed E-state index contributed by atoms with van der Waals surface area (Å²) in [6, 6.07) is 5.30. The number of pyridine rings is 2. The molecular formula is C11H11BrN2O. The normalized spacial score (nSPS) is 11.2. The maximum absolute atomic E-state index is 11.4. The quantitative estimate of drug-likeness (QED) is 0.807. The predicted molar refractivity (Wildman–Crippen MR) is 64.2 cm³/mol. The third-order valence-electron chi connectivity index (χ3n) is 2.30. The van der Waals surface area contributed by atoms with Crippen molar-refractivity contribution in [2.45, 2.75) is 19.8 Å². The smallest absolute Gasteiger partial charge is 0.248 e. The molecule has 2 rings (SSSR count). The molecule has 0 amide bonds. The second-order valence-corrected chi connectivity index (χ2v) is 4.59. The first-order valence-electron chi connectivity index (χ1n) is 4.77. The van der Waals surface area contributed by atoms with Crippen LogP contribution in [0.25, 0.3) is 11.0 Å². The average molecular weight is 267 g/mol. The number of halogens is 1. The van der Waals surface area contributed by atoms with Crippen LogP contribution in [0.15, 0.2) is 27.6 Å². The summed E-state index contributed by atoms with van der Waals surface area (Å²) in [5.74, 6) is 0.289. The van der Waals surface area contributed by atoms with Crippen molar-refractivity contribution in [3.8, 4) is 0 Å². The van der Waals surface area contributed by atoms with E-state index in [9.17, 15) is 4.79 Å². The molecule has 2 aromatic heterocycles. The van der Waals surface area contributed by atoms with Gasteiger partial charge in [0.1, 0.15) is 4.60 Å². The van der Waals surface area contributed by atoms with Crippen LogP contribution in [0.2, 0.25) is 0 Å². The molecule has 1 N–H and O–H groups in total. The third-order valence-corrected chi connectivity index (χ3v) is 2.74. The minimum atomic E-state index is -0.0738. The van der Waals surface area contributed by atoms with Crippen molar-refractivity contribution in [3.63, 3.8) is 0 Å². The van der Waals surface area contributed by atoms with Crippen LogP contribution < -0.4 is 5.56 Å². The van der Waals surface area contributed by atoms with E-state index >= 15 is 0 Å². The van der Waals surface area contributed by atoms with Crippen LogP contribution >= 0.6 is 15.9 Å². The molecule has 0 aliphatic heterocycles. The van der Waals surface area contributed by atoms with Gasteiger partial charge in [-0.2, -0.15) is 0 Å². The number of hydrogen-bond acceptors (Lipinski definition) is 2. The van der Waals surface area contributed by atoms with Gasteiger partial charge in [0.15, 0.2) is 0 Å². The van der Waals surface area contributed by atoms with E-state index in [0.29, 0.717) is 0 Å². The van der Waals surface area contributed by atoms with Gasteiger partial charge in [-0.25, -0.2) is 4.98 Å². The zero-order valence-electron chi connectivity index (χ0n) is 8.54. The summed E-state index contributed by atoms with van der Waals surface area (Å²) >= 11 is 3.33. The highest BCUT2D eigenvalue weighted by Crippen LogP contribution is 2.22. The van der Waals surface area contributed by atoms with Gasteiger partial charge >= 0.3 is 0 Å². The lowest BCUT2D eigenvalue weighted by Crippen LogP contribution is -2.08. The van der Waals surface area contributed by atoms with Crippen LogP contribution in [0.1, 0.15) is 25.3 Å². The molecule has 78 valence electrons. The number of hydrogen-bond donors (Lipinski definition) is 1. The van der Waals surface area contributed by atoms with Crippen LogP contribution in [0, 0.1) is 0 Å². The molecule has 0 spiro atoms. The van der Waals surface area contributed by atoms with Crippen molar-refractivity contribution in [1.82, 2.24) is 9.97 Å². The summed E-state index contributed by atoms with van der Waals surface area (Å²) in [5.41, 5.74) is 2.55. The first-order valence-corrected chi connectivity index (χ1v) is 5.56. The molecule has 0 radical (unpaired) electrons. The van der Waals surface area contributed by atoms with E-state index in [1.807, 2.05) is 12.1 Å². The zero-order chi connectivity index (χ0) is 11.0. The van der Waals surface area contributed by atoms with Gasteiger partial charge < -0.3 is 4.98 Å². The summed E-state index contributed by atoms with van der Waals surface area (Å²) < 4.78 is 0.781. The second-order valence-electron chi connectivity index (χ2n) is 3.77. The van der Waals surface area contributed by atoms with Crippen LogP contribution in [0.4, 0.5) is 0 Å². The Morgan fingerprint density at radius 2 is 2.13 bits per heavy atom. The highest BCUT2D eigenvalue weighted by molar-refractivity contribution is 9.10. The molecule has 15 heavy (non-hydrogen) atoms. The number of aromatic nitrogens is 2. The maximum atomic E-state index is 11.4. The van der Waals surface area contributed by atoms with Crippen molar-refractivity contribution in [1.29, 1.82) is 0 Å². The van der Waals surface area contributed by atoms with Crippen molar-refractivity contribution in [3.05, 3.63) is 38.7 Å². The Balaban J connectivity index is 2.88. The molecule has 0 fully saturated rings. The Hall–Kier alpha value is -1.16. The van der Waals surface area contributed by atoms with E-state index in [0.717, 1.165) is 21.2 Å². The Labute approximate surface area is 95.7 Å². The molecule has 2 aromatic rings. The van der Waals surface area contributed by atoms with Gasteiger partial charge in [-0.3, -0.25) is 4.79 Å². The lowest BCUT2D eigenvalue weighted by atomic mass is 10.0. The van der Waals surface area contributed by atoms with Crippen LogP contribution in [0.5, 0.6) is 0 Å². The van der Waals surface area contributed by atoms with Gasteiger partial charge in [-0.15, -0.1) is 0 Å². The summed E-state index contributed by atoms with van der Waals surface area (Å²) in [6.07, 6.45) is 0. The van der Waals surface area contributed by atoms with Crippen molar-refractivity contribution in [2.75, 3.05) is 0 Å². The first-order chi connectivity index (χ1) is 7.08. The summed E-state index contributed by atoms with van der Waals surface area (Å²) in [5, 5.41) is 0. The van der Waals surface area contributed by atoms with Gasteiger partial charge in [0.25, 0.3) is 0 Å². The fourth-order valence-electron chi connectivity index (χ4n) is 1.57. The number of aromatic amines is 1. The Kier molecular flexibility index (Phi) is 2.61. The molecule has 0 saturated carbocycles. The SMILES string of the molecule is CC(C)c1cc(=O)[nH]c2ccc(Br)nc12. The standard InChI is InChI=1S/C11H11BrN2O/c1-6(2)7-5-10(15)13-8-3-4-9(12)14-11(7)8/h3-6H,1-2H3,(H,13,15). The molecule has 3 nitrogen and oxygen atoms in total. The summed E-state index contributed by atoms with van der Waals surface area (Å²) in [4.78, 5) is 18.6. The Bertz CT molecular complexity index is 560. The average Bonchev–Trinajstić information content (AvgIpc) is 2.17. The number of nitrogens with one attached hydrogen (secondary N) is 1. The molecule has 4 heteroatoms. The largest absolute Gasteiger partial charge is 0.321 e. The van der Waals surface area contributed by atoms with Gasteiger partial charge in [-0.05, 0) is 39.5 Å². The minimum absolute atomic E-state index is 0.0738. The highest BCUT2D eigenvalue weighted by atomic mass is 79.9. The van der Waals surface area contributed by atoms with E-state index in [2.05, 4.69) is 39.7 Å². The van der Waals surface area contributed by atoms with E-state index in [4.69, 9.17) is 0 Å². The number of H-pyrrole nitrogens is 1. The molecule has 0 atom stereocenters. The van der Waals surface area contributed by atoms with Crippen molar-refractivity contribution >= 4 is 27.0 Å². The molecule has 0 aliphatic carbocycles. The second kappa shape index (κ2) is 3.77. The third kappa shape index (κ3) is 1.95. The molecule has 0 saturated heterocycles. The summed E-state index contributed by atoms with van der Waals surface area (Å²) in [6.45, 7) is 4.10. The lowest BCUT2D eigenvalue weighted by Gasteiger charge is -2.08. The highest BCUT2D eigenvalue weighted by Gasteiger charge is 2.08. The van der Waals surface area contributed by atoms with Gasteiger partial charge in [0, 0.05) is 6.07 Å². The first kappa shape index (κ1) is 10.4. The zero-order valence-corrected chi connectivity index (χ0v) is 10.1. The van der Waals surface area contributed by atoms with Crippen molar-refractivity contribution < 1.29 is 0 Å². The fourth-order valence-corrected chi connectivity index (χ4v) is 1.88. The fraction of sp³-hybridized carbons (Fsp3) is 0.273. The number of rotatable bonds is 1. The topological polar surface area (TPSA) is 45.8 Å². The van der Waals surface area contributed by atoms with Gasteiger partial charge in [0.05, 0.1) is 11.0 Å². The molecule has 0 unspecified atom stereocenters. The Morgan fingerprint density at radius 1 is 1.40 bits per heavy atom. The Morgan fingerprint density at radius 3 is 2.80 bits per heavy atom. The van der Waals surface area contributed by atoms with E-state index in [-0.39, 0.29) is 11.5 Å². The number of nitrogens with zero attached hydrogens (tertiary/aromatic N) is 1. The van der Waals surface area contributed by atoms with Gasteiger partial charge in [0.2, 0.25) is 5.56 Å². The predicted octanol–water partition coefficient (Wildman–Crippen LogP) is 2.81. The van der Waals surface area contributed by atoms with Gasteiger partial charge in [-0.1, -0.05) is 13.8 Å². The van der Waals surface area contributed by atoms with Crippen molar-refractivity contribution in [2.24, 2.45) is 0 Å². The van der Waals surface area contributed by atoms with Crippen LogP contribution in [0.3, 0.4) is 0 Å². The van der Waals surface area contributed by atoms with Crippen LogP contribution in [-0.2, 0) is 0 Å². The minimum Gasteiger partial charge on any atom is -0.321 e. The summed E-state index contributed by atoms with van der Waals surface area (Å²) in [7, 11) is 0.